The SMILES string of the molecule is COC(=O)C1=CCCC2C1(C)CCC(CO)C2(C)CC(O)c1ccoc1. The number of furan rings is 1. The summed E-state index contributed by atoms with van der Waals surface area (Å²) in [5, 5.41) is 20.8. The van der Waals surface area contributed by atoms with Crippen LogP contribution < -0.4 is 0 Å². The number of fused-ring (bicyclic) bond motifs is 1. The average molecular weight is 362 g/mol. The number of carbonyl (C=O) groups excluding carboxylic acids is 1. The van der Waals surface area contributed by atoms with Crippen LogP contribution in [0.15, 0.2) is 34.7 Å². The number of aliphatic hydroxyl groups excluding tert-OH is 2. The molecule has 0 amide bonds. The topological polar surface area (TPSA) is 79.9 Å². The molecule has 0 bridgehead atoms. The van der Waals surface area contributed by atoms with Gasteiger partial charge in [0.15, 0.2) is 0 Å². The van der Waals surface area contributed by atoms with Crippen LogP contribution >= 0.6 is 0 Å². The summed E-state index contributed by atoms with van der Waals surface area (Å²) in [6.45, 7) is 4.41. The largest absolute Gasteiger partial charge is 0.472 e. The van der Waals surface area contributed by atoms with Crippen molar-refractivity contribution in [2.75, 3.05) is 13.7 Å². The van der Waals surface area contributed by atoms with Gasteiger partial charge in [-0.3, -0.25) is 0 Å². The highest BCUT2D eigenvalue weighted by molar-refractivity contribution is 5.90. The van der Waals surface area contributed by atoms with E-state index in [0.29, 0.717) is 6.42 Å². The van der Waals surface area contributed by atoms with E-state index in [2.05, 4.69) is 13.8 Å². The van der Waals surface area contributed by atoms with Crippen LogP contribution in [0.3, 0.4) is 0 Å². The predicted octanol–water partition coefficient (Wildman–Crippen LogP) is 3.63. The van der Waals surface area contributed by atoms with Crippen molar-refractivity contribution in [2.45, 2.75) is 52.1 Å². The lowest BCUT2D eigenvalue weighted by atomic mass is 9.46. The molecule has 3 rings (SSSR count). The van der Waals surface area contributed by atoms with Gasteiger partial charge in [-0.1, -0.05) is 19.9 Å². The van der Waals surface area contributed by atoms with Crippen LogP contribution in [-0.4, -0.2) is 29.9 Å². The summed E-state index contributed by atoms with van der Waals surface area (Å²) in [7, 11) is 1.43. The number of hydrogen-bond acceptors (Lipinski definition) is 5. The Labute approximate surface area is 155 Å². The Morgan fingerprint density at radius 1 is 1.42 bits per heavy atom. The molecule has 0 spiro atoms. The molecular weight excluding hydrogens is 332 g/mol. The zero-order valence-electron chi connectivity index (χ0n) is 15.9. The second-order valence-corrected chi connectivity index (χ2v) is 8.36. The van der Waals surface area contributed by atoms with Crippen LogP contribution in [0.2, 0.25) is 0 Å². The number of esters is 1. The maximum absolute atomic E-state index is 12.4. The molecule has 5 unspecified atom stereocenters. The molecule has 26 heavy (non-hydrogen) atoms. The van der Waals surface area contributed by atoms with Gasteiger partial charge in [0.05, 0.1) is 25.7 Å². The Balaban J connectivity index is 1.96. The minimum atomic E-state index is -0.650. The maximum atomic E-state index is 12.4. The monoisotopic (exact) mass is 362 g/mol. The average Bonchev–Trinajstić information content (AvgIpc) is 3.15. The molecular formula is C21H30O5. The van der Waals surface area contributed by atoms with Crippen molar-refractivity contribution in [3.63, 3.8) is 0 Å². The van der Waals surface area contributed by atoms with E-state index < -0.39 is 6.10 Å². The molecule has 1 aromatic heterocycles. The Bertz CT molecular complexity index is 664. The standard InChI is InChI=1S/C21H30O5/c1-20-9-7-15(12-22)21(2,11-17(23)14-8-10-26-13-14)18(20)6-4-5-16(20)19(24)25-3/h5,8,10,13,15,17-18,22-23H,4,6-7,9,11-12H2,1-3H3. The molecule has 5 nitrogen and oxygen atoms in total. The Morgan fingerprint density at radius 3 is 2.81 bits per heavy atom. The normalized spacial score (nSPS) is 35.3. The van der Waals surface area contributed by atoms with Crippen molar-refractivity contribution in [2.24, 2.45) is 22.7 Å². The fourth-order valence-corrected chi connectivity index (χ4v) is 5.62. The molecule has 1 heterocycles. The van der Waals surface area contributed by atoms with Crippen molar-refractivity contribution < 1.29 is 24.2 Å². The molecule has 2 N–H and O–H groups in total. The molecule has 1 aromatic rings. The van der Waals surface area contributed by atoms with Gasteiger partial charge >= 0.3 is 5.97 Å². The van der Waals surface area contributed by atoms with Crippen LogP contribution in [0, 0.1) is 22.7 Å². The number of allylic oxidation sites excluding steroid dienone is 1. The lowest BCUT2D eigenvalue weighted by molar-refractivity contribution is -0.142. The third kappa shape index (κ3) is 3.01. The van der Waals surface area contributed by atoms with Gasteiger partial charge in [0, 0.05) is 23.2 Å². The number of aliphatic hydroxyl groups is 2. The van der Waals surface area contributed by atoms with Crippen LogP contribution in [-0.2, 0) is 9.53 Å². The zero-order valence-corrected chi connectivity index (χ0v) is 15.9. The second kappa shape index (κ2) is 7.20. The first-order chi connectivity index (χ1) is 12.4. The van der Waals surface area contributed by atoms with E-state index in [4.69, 9.17) is 9.15 Å². The minimum absolute atomic E-state index is 0.0957. The molecule has 1 saturated carbocycles. The number of carbonyl (C=O) groups is 1. The van der Waals surface area contributed by atoms with Gasteiger partial charge < -0.3 is 19.4 Å². The minimum Gasteiger partial charge on any atom is -0.472 e. The second-order valence-electron chi connectivity index (χ2n) is 8.36. The summed E-state index contributed by atoms with van der Waals surface area (Å²) in [6.07, 6.45) is 8.48. The Kier molecular flexibility index (Phi) is 5.31. The fourth-order valence-electron chi connectivity index (χ4n) is 5.62. The van der Waals surface area contributed by atoms with Crippen molar-refractivity contribution >= 4 is 5.97 Å². The van der Waals surface area contributed by atoms with Crippen molar-refractivity contribution in [3.05, 3.63) is 35.8 Å². The Hall–Kier alpha value is -1.59. The van der Waals surface area contributed by atoms with Gasteiger partial charge in [-0.25, -0.2) is 4.79 Å². The van der Waals surface area contributed by atoms with E-state index in [1.165, 1.54) is 7.11 Å². The van der Waals surface area contributed by atoms with E-state index >= 15 is 0 Å². The quantitative estimate of drug-likeness (QED) is 0.782. The number of rotatable bonds is 5. The lowest BCUT2D eigenvalue weighted by Gasteiger charge is -2.58. The van der Waals surface area contributed by atoms with E-state index in [-0.39, 0.29) is 35.2 Å². The first-order valence-corrected chi connectivity index (χ1v) is 9.46. The zero-order chi connectivity index (χ0) is 18.9. The predicted molar refractivity (Wildman–Crippen MR) is 97.1 cm³/mol. The summed E-state index contributed by atoms with van der Waals surface area (Å²) in [4.78, 5) is 12.4. The van der Waals surface area contributed by atoms with Crippen LogP contribution in [0.25, 0.3) is 0 Å². The number of ether oxygens (including phenoxy) is 1. The highest BCUT2D eigenvalue weighted by atomic mass is 16.5. The summed E-state index contributed by atoms with van der Waals surface area (Å²) >= 11 is 0. The molecule has 0 radical (unpaired) electrons. The molecule has 0 aromatic carbocycles. The van der Waals surface area contributed by atoms with E-state index in [1.807, 2.05) is 6.08 Å². The summed E-state index contributed by atoms with van der Waals surface area (Å²) in [6, 6.07) is 1.78. The van der Waals surface area contributed by atoms with E-state index in [9.17, 15) is 15.0 Å². The third-order valence-corrected chi connectivity index (χ3v) is 7.12. The third-order valence-electron chi connectivity index (χ3n) is 7.12. The molecule has 5 atom stereocenters. The number of methoxy groups -OCH3 is 1. The van der Waals surface area contributed by atoms with Crippen molar-refractivity contribution in [3.8, 4) is 0 Å². The fraction of sp³-hybridized carbons (Fsp3) is 0.667. The van der Waals surface area contributed by atoms with Gasteiger partial charge in [0.25, 0.3) is 0 Å². The molecule has 2 aliphatic rings. The lowest BCUT2D eigenvalue weighted by Crippen LogP contribution is -2.53. The molecule has 5 heteroatoms. The van der Waals surface area contributed by atoms with Crippen LogP contribution in [0.4, 0.5) is 0 Å². The molecule has 2 aliphatic carbocycles. The smallest absolute Gasteiger partial charge is 0.333 e. The van der Waals surface area contributed by atoms with Gasteiger partial charge in [-0.2, -0.15) is 0 Å². The van der Waals surface area contributed by atoms with Crippen molar-refractivity contribution in [1.29, 1.82) is 0 Å². The van der Waals surface area contributed by atoms with E-state index in [1.54, 1.807) is 18.6 Å². The van der Waals surface area contributed by atoms with Gasteiger partial charge in [0.2, 0.25) is 0 Å². The first kappa shape index (κ1) is 19.2. The molecule has 0 saturated heterocycles. The molecule has 144 valence electrons. The summed E-state index contributed by atoms with van der Waals surface area (Å²) in [5.74, 6) is 0.0399. The highest BCUT2D eigenvalue weighted by Gasteiger charge is 2.56. The van der Waals surface area contributed by atoms with Crippen LogP contribution in [0.5, 0.6) is 0 Å². The van der Waals surface area contributed by atoms with Gasteiger partial charge in [-0.05, 0) is 55.4 Å². The highest BCUT2D eigenvalue weighted by Crippen LogP contribution is 2.62. The molecule has 0 aliphatic heterocycles. The van der Waals surface area contributed by atoms with Crippen molar-refractivity contribution in [1.82, 2.24) is 0 Å². The molecule has 1 fully saturated rings. The van der Waals surface area contributed by atoms with E-state index in [0.717, 1.165) is 36.8 Å². The van der Waals surface area contributed by atoms with Crippen LogP contribution in [0.1, 0.15) is 57.6 Å². The summed E-state index contributed by atoms with van der Waals surface area (Å²) in [5.41, 5.74) is 0.944. The maximum Gasteiger partial charge on any atom is 0.333 e. The summed E-state index contributed by atoms with van der Waals surface area (Å²) < 4.78 is 10.2. The van der Waals surface area contributed by atoms with Gasteiger partial charge in [-0.15, -0.1) is 0 Å². The number of hydrogen-bond donors (Lipinski definition) is 2. The first-order valence-electron chi connectivity index (χ1n) is 9.46. The van der Waals surface area contributed by atoms with Gasteiger partial charge in [0.1, 0.15) is 0 Å². The Morgan fingerprint density at radius 2 is 2.19 bits per heavy atom.